The molecule has 0 aliphatic carbocycles. The van der Waals surface area contributed by atoms with Gasteiger partial charge in [0, 0.05) is 33.9 Å². The van der Waals surface area contributed by atoms with Crippen molar-refractivity contribution in [2.45, 2.75) is 22.3 Å². The summed E-state index contributed by atoms with van der Waals surface area (Å²) in [5.74, 6) is 0. The summed E-state index contributed by atoms with van der Waals surface area (Å²) in [5.41, 5.74) is 2.68. The summed E-state index contributed by atoms with van der Waals surface area (Å²) in [5, 5.41) is 13.0. The van der Waals surface area contributed by atoms with Crippen LogP contribution in [0.2, 0.25) is 5.02 Å². The number of quaternary nitrogens is 1. The van der Waals surface area contributed by atoms with Crippen molar-refractivity contribution < 1.29 is 4.65 Å². The molecule has 0 radical (unpaired) electrons. The van der Waals surface area contributed by atoms with Crippen molar-refractivity contribution in [1.82, 2.24) is 4.90 Å². The lowest BCUT2D eigenvalue weighted by molar-refractivity contribution is -0.865. The van der Waals surface area contributed by atoms with Gasteiger partial charge in [0.1, 0.15) is 0 Å². The van der Waals surface area contributed by atoms with Gasteiger partial charge in [0.2, 0.25) is 0 Å². The van der Waals surface area contributed by atoms with E-state index in [-0.39, 0.29) is 23.1 Å². The van der Waals surface area contributed by atoms with Crippen LogP contribution in [-0.2, 0) is 6.42 Å². The highest BCUT2D eigenvalue weighted by Crippen LogP contribution is 2.43. The zero-order valence-corrected chi connectivity index (χ0v) is 16.5. The Labute approximate surface area is 164 Å². The molecular formula is C19H22Cl2N2OS. The quantitative estimate of drug-likeness (QED) is 0.512. The maximum Gasteiger partial charge on any atom is 0.0911 e. The van der Waals surface area contributed by atoms with Crippen molar-refractivity contribution in [2.24, 2.45) is 0 Å². The Balaban J connectivity index is 0.00000182. The van der Waals surface area contributed by atoms with Gasteiger partial charge in [-0.05, 0) is 41.8 Å². The fraction of sp³-hybridized carbons (Fsp3) is 0.368. The van der Waals surface area contributed by atoms with E-state index in [0.717, 1.165) is 24.5 Å². The lowest BCUT2D eigenvalue weighted by Crippen LogP contribution is -2.54. The Morgan fingerprint density at radius 1 is 1.12 bits per heavy atom. The molecule has 1 saturated heterocycles. The Kier molecular flexibility index (Phi) is 5.69. The number of piperazine rings is 1. The summed E-state index contributed by atoms with van der Waals surface area (Å²) in [7, 11) is 1.78. The van der Waals surface area contributed by atoms with Gasteiger partial charge in [-0.1, -0.05) is 41.6 Å². The molecule has 6 heteroatoms. The molecule has 4 rings (SSSR count). The van der Waals surface area contributed by atoms with Crippen LogP contribution >= 0.6 is 35.8 Å². The van der Waals surface area contributed by atoms with Crippen molar-refractivity contribution in [3.8, 4) is 0 Å². The second-order valence-electron chi connectivity index (χ2n) is 6.89. The maximum atomic E-state index is 12.2. The smallest absolute Gasteiger partial charge is 0.0911 e. The third-order valence-electron chi connectivity index (χ3n) is 5.10. The summed E-state index contributed by atoms with van der Waals surface area (Å²) < 4.78 is -0.128. The van der Waals surface area contributed by atoms with Crippen molar-refractivity contribution in [2.75, 3.05) is 33.2 Å². The normalized spacial score (nSPS) is 22.3. The van der Waals surface area contributed by atoms with Gasteiger partial charge in [-0.2, -0.15) is 0 Å². The van der Waals surface area contributed by atoms with Gasteiger partial charge in [-0.25, -0.2) is 0 Å². The molecule has 2 heterocycles. The van der Waals surface area contributed by atoms with E-state index < -0.39 is 0 Å². The van der Waals surface area contributed by atoms with Crippen LogP contribution in [0.4, 0.5) is 0 Å². The number of rotatable bonds is 1. The molecule has 2 aromatic carbocycles. The fourth-order valence-corrected chi connectivity index (χ4v) is 4.92. The number of benzene rings is 2. The molecule has 3 nitrogen and oxygen atoms in total. The minimum absolute atomic E-state index is 0. The van der Waals surface area contributed by atoms with Gasteiger partial charge >= 0.3 is 0 Å². The van der Waals surface area contributed by atoms with Gasteiger partial charge in [0.15, 0.2) is 0 Å². The SMILES string of the molecule is C[N+]1([O-])CCN(C2Cc3ccccc3Sc3ccc(Cl)cc32)CC1.Cl. The Hall–Kier alpha value is -0.750. The first-order valence-corrected chi connectivity index (χ1v) is 9.56. The van der Waals surface area contributed by atoms with Crippen LogP contribution in [0, 0.1) is 5.21 Å². The van der Waals surface area contributed by atoms with Crippen molar-refractivity contribution in [3.05, 3.63) is 63.8 Å². The van der Waals surface area contributed by atoms with Gasteiger partial charge in [-0.3, -0.25) is 4.90 Å². The van der Waals surface area contributed by atoms with Crippen LogP contribution in [0.15, 0.2) is 52.3 Å². The zero-order chi connectivity index (χ0) is 16.7. The van der Waals surface area contributed by atoms with E-state index in [2.05, 4.69) is 41.3 Å². The van der Waals surface area contributed by atoms with E-state index in [0.29, 0.717) is 13.1 Å². The van der Waals surface area contributed by atoms with Crippen molar-refractivity contribution >= 4 is 35.8 Å². The van der Waals surface area contributed by atoms with Crippen LogP contribution < -0.4 is 0 Å². The highest BCUT2D eigenvalue weighted by molar-refractivity contribution is 7.99. The van der Waals surface area contributed by atoms with E-state index in [4.69, 9.17) is 11.6 Å². The van der Waals surface area contributed by atoms with Crippen LogP contribution in [0.1, 0.15) is 17.2 Å². The van der Waals surface area contributed by atoms with E-state index >= 15 is 0 Å². The van der Waals surface area contributed by atoms with Crippen LogP contribution in [0.25, 0.3) is 0 Å². The molecule has 0 N–H and O–H groups in total. The number of likely N-dealkylation sites (N-methyl/N-ethyl adjacent to an activating group) is 1. The number of halogens is 2. The highest BCUT2D eigenvalue weighted by Gasteiger charge is 2.31. The number of nitrogens with zero attached hydrogens (tertiary/aromatic N) is 2. The molecule has 25 heavy (non-hydrogen) atoms. The van der Waals surface area contributed by atoms with Gasteiger partial charge in [0.05, 0.1) is 20.1 Å². The molecule has 1 fully saturated rings. The third kappa shape index (κ3) is 4.00. The predicted octanol–water partition coefficient (Wildman–Crippen LogP) is 4.77. The Morgan fingerprint density at radius 3 is 2.60 bits per heavy atom. The molecule has 134 valence electrons. The van der Waals surface area contributed by atoms with E-state index in [1.54, 1.807) is 7.05 Å². The summed E-state index contributed by atoms with van der Waals surface area (Å²) in [6.45, 7) is 2.98. The fourth-order valence-electron chi connectivity index (χ4n) is 3.62. The van der Waals surface area contributed by atoms with E-state index in [1.165, 1.54) is 20.9 Å². The monoisotopic (exact) mass is 396 g/mol. The van der Waals surface area contributed by atoms with E-state index in [1.807, 2.05) is 17.8 Å². The average molecular weight is 397 g/mol. The molecule has 1 atom stereocenters. The van der Waals surface area contributed by atoms with Gasteiger partial charge in [-0.15, -0.1) is 12.4 Å². The first-order chi connectivity index (χ1) is 11.5. The lowest BCUT2D eigenvalue weighted by atomic mass is 9.96. The number of hydrogen-bond donors (Lipinski definition) is 0. The standard InChI is InChI=1S/C19H21ClN2OS.ClH/c1-22(23)10-8-21(9-11-22)17-12-14-4-2-3-5-18(14)24-19-7-6-15(20)13-16(17)19;/h2-7,13,17H,8-12H2,1H3;1H. The summed E-state index contributed by atoms with van der Waals surface area (Å²) in [4.78, 5) is 5.07. The van der Waals surface area contributed by atoms with Crippen molar-refractivity contribution in [1.29, 1.82) is 0 Å². The zero-order valence-electron chi connectivity index (χ0n) is 14.2. The molecule has 0 bridgehead atoms. The number of hydrogen-bond acceptors (Lipinski definition) is 3. The molecule has 2 aromatic rings. The molecule has 0 saturated carbocycles. The average Bonchev–Trinajstić information content (AvgIpc) is 2.71. The van der Waals surface area contributed by atoms with Crippen LogP contribution in [0.3, 0.4) is 0 Å². The van der Waals surface area contributed by atoms with Crippen LogP contribution in [0.5, 0.6) is 0 Å². The molecule has 2 aliphatic heterocycles. The Morgan fingerprint density at radius 2 is 1.84 bits per heavy atom. The molecule has 0 aromatic heterocycles. The molecule has 1 unspecified atom stereocenters. The first-order valence-electron chi connectivity index (χ1n) is 8.37. The minimum Gasteiger partial charge on any atom is -0.633 e. The summed E-state index contributed by atoms with van der Waals surface area (Å²) in [6, 6.07) is 15.1. The molecule has 0 amide bonds. The maximum absolute atomic E-state index is 12.2. The van der Waals surface area contributed by atoms with Crippen molar-refractivity contribution in [3.63, 3.8) is 0 Å². The number of hydroxylamine groups is 3. The largest absolute Gasteiger partial charge is 0.633 e. The lowest BCUT2D eigenvalue weighted by Gasteiger charge is -2.47. The topological polar surface area (TPSA) is 26.3 Å². The Bertz CT molecular complexity index is 759. The minimum atomic E-state index is -0.128. The third-order valence-corrected chi connectivity index (χ3v) is 6.54. The van der Waals surface area contributed by atoms with E-state index in [9.17, 15) is 5.21 Å². The molecular weight excluding hydrogens is 375 g/mol. The predicted molar refractivity (Wildman–Crippen MR) is 107 cm³/mol. The summed E-state index contributed by atoms with van der Waals surface area (Å²) in [6.07, 6.45) is 0.971. The highest BCUT2D eigenvalue weighted by atomic mass is 35.5. The van der Waals surface area contributed by atoms with Crippen LogP contribution in [-0.4, -0.2) is 42.8 Å². The summed E-state index contributed by atoms with van der Waals surface area (Å²) >= 11 is 8.14. The number of fused-ring (bicyclic) bond motifs is 2. The molecule has 0 spiro atoms. The molecule has 2 aliphatic rings. The van der Waals surface area contributed by atoms with Gasteiger partial charge < -0.3 is 9.85 Å². The second-order valence-corrected chi connectivity index (χ2v) is 8.41. The van der Waals surface area contributed by atoms with Gasteiger partial charge in [0.25, 0.3) is 0 Å². The first kappa shape index (κ1) is 19.0. The second kappa shape index (κ2) is 7.47.